The van der Waals surface area contributed by atoms with E-state index in [4.69, 9.17) is 14.6 Å². The smallest absolute Gasteiger partial charge is 0.394 e. The van der Waals surface area contributed by atoms with E-state index in [1.165, 1.54) is 14.2 Å². The van der Waals surface area contributed by atoms with Gasteiger partial charge in [-0.3, -0.25) is 19.7 Å². The van der Waals surface area contributed by atoms with Crippen LogP contribution in [-0.4, -0.2) is 60.3 Å². The molecule has 27 heavy (non-hydrogen) atoms. The Morgan fingerprint density at radius 3 is 2.19 bits per heavy atom. The van der Waals surface area contributed by atoms with Crippen molar-refractivity contribution < 1.29 is 42.3 Å². The number of carboxylic acids is 1. The molecule has 1 heterocycles. The van der Waals surface area contributed by atoms with Crippen molar-refractivity contribution in [2.75, 3.05) is 27.3 Å². The fourth-order valence-electron chi connectivity index (χ4n) is 2.91. The number of aliphatic carboxylic acids is 1. The van der Waals surface area contributed by atoms with Crippen molar-refractivity contribution in [1.82, 2.24) is 4.90 Å². The van der Waals surface area contributed by atoms with E-state index in [0.29, 0.717) is 4.90 Å². The molecule has 148 valence electrons. The van der Waals surface area contributed by atoms with E-state index in [-0.39, 0.29) is 11.5 Å². The Bertz CT molecular complexity index is 781. The molecular formula is C15H15F3N2O7. The topological polar surface area (TPSA) is 119 Å². The number of nitrogens with zero attached hydrogens (tertiary/aromatic N) is 2. The number of carbonyl (C=O) groups is 2. The van der Waals surface area contributed by atoms with Crippen LogP contribution < -0.4 is 9.47 Å². The number of rotatable bonds is 5. The molecule has 1 aliphatic rings. The minimum absolute atomic E-state index is 0.0344. The lowest BCUT2D eigenvalue weighted by Crippen LogP contribution is -2.34. The Morgan fingerprint density at radius 1 is 1.22 bits per heavy atom. The number of amides is 1. The maximum Gasteiger partial charge on any atom is 0.394 e. The largest absolute Gasteiger partial charge is 0.493 e. The molecule has 12 heteroatoms. The predicted octanol–water partition coefficient (Wildman–Crippen LogP) is 1.95. The fourth-order valence-corrected chi connectivity index (χ4v) is 2.91. The average Bonchev–Trinajstić information content (AvgIpc) is 3.05. The van der Waals surface area contributed by atoms with E-state index < -0.39 is 59.2 Å². The van der Waals surface area contributed by atoms with Crippen molar-refractivity contribution in [2.24, 2.45) is 11.8 Å². The van der Waals surface area contributed by atoms with Gasteiger partial charge in [0.2, 0.25) is 0 Å². The lowest BCUT2D eigenvalue weighted by atomic mass is 9.96. The van der Waals surface area contributed by atoms with E-state index in [1.54, 1.807) is 0 Å². The maximum absolute atomic E-state index is 13.1. The minimum atomic E-state index is -4.83. The molecule has 1 aliphatic heterocycles. The third-order valence-electron chi connectivity index (χ3n) is 4.27. The summed E-state index contributed by atoms with van der Waals surface area (Å²) in [6.07, 6.45) is -4.83. The second kappa shape index (κ2) is 7.29. The van der Waals surface area contributed by atoms with Crippen LogP contribution in [0.5, 0.6) is 11.5 Å². The zero-order valence-electron chi connectivity index (χ0n) is 14.1. The van der Waals surface area contributed by atoms with E-state index in [2.05, 4.69) is 0 Å². The van der Waals surface area contributed by atoms with Crippen molar-refractivity contribution in [3.63, 3.8) is 0 Å². The summed E-state index contributed by atoms with van der Waals surface area (Å²) in [7, 11) is 2.43. The van der Waals surface area contributed by atoms with E-state index in [9.17, 15) is 32.9 Å². The number of nitro benzene ring substituents is 1. The molecule has 0 spiro atoms. The Labute approximate surface area is 150 Å². The Hall–Kier alpha value is -3.05. The first-order chi connectivity index (χ1) is 12.5. The van der Waals surface area contributed by atoms with Crippen LogP contribution in [0.3, 0.4) is 0 Å². The van der Waals surface area contributed by atoms with E-state index >= 15 is 0 Å². The molecule has 1 fully saturated rings. The number of nitro groups is 1. The number of methoxy groups -OCH3 is 2. The van der Waals surface area contributed by atoms with Gasteiger partial charge in [0.25, 0.3) is 11.6 Å². The third kappa shape index (κ3) is 3.88. The number of carbonyl (C=O) groups excluding carboxylic acids is 1. The van der Waals surface area contributed by atoms with Crippen molar-refractivity contribution in [3.8, 4) is 11.5 Å². The van der Waals surface area contributed by atoms with Gasteiger partial charge in [-0.05, 0) is 0 Å². The molecule has 2 rings (SSSR count). The molecule has 1 saturated heterocycles. The molecule has 0 radical (unpaired) electrons. The summed E-state index contributed by atoms with van der Waals surface area (Å²) in [5, 5.41) is 20.3. The summed E-state index contributed by atoms with van der Waals surface area (Å²) in [6.45, 7) is -1.63. The highest BCUT2D eigenvalue weighted by Gasteiger charge is 2.54. The van der Waals surface area contributed by atoms with Gasteiger partial charge in [-0.25, -0.2) is 0 Å². The zero-order chi connectivity index (χ0) is 20.5. The minimum Gasteiger partial charge on any atom is -0.493 e. The summed E-state index contributed by atoms with van der Waals surface area (Å²) in [4.78, 5) is 34.8. The summed E-state index contributed by atoms with van der Waals surface area (Å²) in [5.74, 6) is -6.99. The number of benzene rings is 1. The average molecular weight is 392 g/mol. The lowest BCUT2D eigenvalue weighted by Gasteiger charge is -2.19. The van der Waals surface area contributed by atoms with Crippen LogP contribution in [0.2, 0.25) is 0 Å². The maximum atomic E-state index is 13.1. The highest BCUT2D eigenvalue weighted by atomic mass is 19.4. The summed E-state index contributed by atoms with van der Waals surface area (Å²) in [6, 6.07) is 1.90. The summed E-state index contributed by atoms with van der Waals surface area (Å²) < 4.78 is 49.2. The molecule has 1 aromatic rings. The van der Waals surface area contributed by atoms with Crippen LogP contribution in [0.1, 0.15) is 10.4 Å². The quantitative estimate of drug-likeness (QED) is 0.601. The fraction of sp³-hybridized carbons (Fsp3) is 0.467. The SMILES string of the molecule is COc1cc(C(=O)N2C[C@@H](C(F)(F)F)[C@H](C(=O)O)C2)c([N+](=O)[O-])cc1OC. The number of halogens is 3. The van der Waals surface area contributed by atoms with Crippen molar-refractivity contribution in [3.05, 3.63) is 27.8 Å². The molecule has 1 N–H and O–H groups in total. The Kier molecular flexibility index (Phi) is 5.47. The van der Waals surface area contributed by atoms with Gasteiger partial charge in [-0.2, -0.15) is 13.2 Å². The van der Waals surface area contributed by atoms with Crippen LogP contribution >= 0.6 is 0 Å². The number of hydrogen-bond donors (Lipinski definition) is 1. The van der Waals surface area contributed by atoms with Crippen LogP contribution in [-0.2, 0) is 4.79 Å². The number of likely N-dealkylation sites (tertiary alicyclic amines) is 1. The molecule has 1 amide bonds. The number of carboxylic acid groups (broad SMARTS) is 1. The first-order valence-corrected chi connectivity index (χ1v) is 7.50. The van der Waals surface area contributed by atoms with Gasteiger partial charge >= 0.3 is 12.1 Å². The highest BCUT2D eigenvalue weighted by Crippen LogP contribution is 2.40. The standard InChI is InChI=1S/C15H15F3N2O7/c1-26-11-3-7(10(20(24)25)4-12(11)27-2)13(21)19-5-8(14(22)23)9(6-19)15(16,17)18/h3-4,8-9H,5-6H2,1-2H3,(H,22,23)/t8-,9-/m1/s1. The zero-order valence-corrected chi connectivity index (χ0v) is 14.1. The van der Waals surface area contributed by atoms with Crippen LogP contribution in [0, 0.1) is 22.0 Å². The van der Waals surface area contributed by atoms with Crippen LogP contribution in [0.15, 0.2) is 12.1 Å². The molecule has 0 aromatic heterocycles. The first-order valence-electron chi connectivity index (χ1n) is 7.50. The molecule has 2 atom stereocenters. The van der Waals surface area contributed by atoms with Crippen molar-refractivity contribution in [2.45, 2.75) is 6.18 Å². The van der Waals surface area contributed by atoms with Gasteiger partial charge in [0.1, 0.15) is 5.56 Å². The number of hydrogen-bond acceptors (Lipinski definition) is 6. The van der Waals surface area contributed by atoms with Gasteiger partial charge in [0.05, 0.1) is 37.0 Å². The van der Waals surface area contributed by atoms with Gasteiger partial charge in [0.15, 0.2) is 11.5 Å². The number of ether oxygens (including phenoxy) is 2. The molecule has 9 nitrogen and oxygen atoms in total. The Balaban J connectivity index is 2.45. The summed E-state index contributed by atoms with van der Waals surface area (Å²) in [5.41, 5.74) is -1.22. The first kappa shape index (κ1) is 20.3. The van der Waals surface area contributed by atoms with Crippen molar-refractivity contribution in [1.29, 1.82) is 0 Å². The predicted molar refractivity (Wildman–Crippen MR) is 82.8 cm³/mol. The monoisotopic (exact) mass is 392 g/mol. The van der Waals surface area contributed by atoms with Gasteiger partial charge in [-0.15, -0.1) is 0 Å². The lowest BCUT2D eigenvalue weighted by molar-refractivity contribution is -0.385. The van der Waals surface area contributed by atoms with E-state index in [0.717, 1.165) is 12.1 Å². The highest BCUT2D eigenvalue weighted by molar-refractivity contribution is 5.99. The van der Waals surface area contributed by atoms with Gasteiger partial charge in [-0.1, -0.05) is 0 Å². The van der Waals surface area contributed by atoms with E-state index in [1.807, 2.05) is 0 Å². The molecule has 0 aliphatic carbocycles. The van der Waals surface area contributed by atoms with Crippen molar-refractivity contribution >= 4 is 17.6 Å². The normalized spacial score (nSPS) is 19.7. The second-order valence-electron chi connectivity index (χ2n) is 5.78. The van der Waals surface area contributed by atoms with Crippen LogP contribution in [0.25, 0.3) is 0 Å². The van der Waals surface area contributed by atoms with Gasteiger partial charge in [0, 0.05) is 19.2 Å². The molecule has 0 bridgehead atoms. The van der Waals surface area contributed by atoms with Gasteiger partial charge < -0.3 is 19.5 Å². The third-order valence-corrected chi connectivity index (χ3v) is 4.27. The Morgan fingerprint density at radius 2 is 1.78 bits per heavy atom. The summed E-state index contributed by atoms with van der Waals surface area (Å²) >= 11 is 0. The molecule has 1 aromatic carbocycles. The number of alkyl halides is 3. The molecule has 0 unspecified atom stereocenters. The second-order valence-corrected chi connectivity index (χ2v) is 5.78. The molecule has 0 saturated carbocycles. The van der Waals surface area contributed by atoms with Crippen LogP contribution in [0.4, 0.5) is 18.9 Å². The molecular weight excluding hydrogens is 377 g/mol.